The quantitative estimate of drug-likeness (QED) is 0.680. The Hall–Kier alpha value is 0.920. The van der Waals surface area contributed by atoms with E-state index >= 15 is 0 Å². The molecule has 0 saturated heterocycles. The van der Waals surface area contributed by atoms with E-state index in [0.29, 0.717) is 0 Å². The van der Waals surface area contributed by atoms with Gasteiger partial charge in [-0.3, -0.25) is 0 Å². The van der Waals surface area contributed by atoms with Crippen LogP contribution in [0, 0.1) is 0 Å². The lowest BCUT2D eigenvalue weighted by molar-refractivity contribution is 0.186. The molecule has 0 aromatic heterocycles. The van der Waals surface area contributed by atoms with Crippen molar-refractivity contribution >= 4 is 28.9 Å². The average Bonchev–Trinajstić information content (AvgIpc) is 1.73. The van der Waals surface area contributed by atoms with Crippen molar-refractivity contribution < 1.29 is 9.05 Å². The first kappa shape index (κ1) is 15.9. The van der Waals surface area contributed by atoms with Gasteiger partial charge in [0.25, 0.3) is 0 Å². The normalized spacial score (nSPS) is 13.9. The molecule has 0 fully saturated rings. The predicted molar refractivity (Wildman–Crippen MR) is 74.1 cm³/mol. The molecule has 5 heteroatoms. The fraction of sp³-hybridized carbons (Fsp3) is 1.00. The first-order valence-corrected chi connectivity index (χ1v) is 9.27. The van der Waals surface area contributed by atoms with Crippen LogP contribution in [0.5, 0.6) is 0 Å². The van der Waals surface area contributed by atoms with Crippen molar-refractivity contribution in [3.63, 3.8) is 0 Å². The van der Waals surface area contributed by atoms with E-state index < -0.39 is 5.69 Å². The van der Waals surface area contributed by atoms with E-state index in [0.717, 1.165) is 0 Å². The van der Waals surface area contributed by atoms with Gasteiger partial charge in [-0.2, -0.15) is 0 Å². The Bertz CT molecular complexity index is 220. The highest BCUT2D eigenvalue weighted by Gasteiger charge is 2.29. The van der Waals surface area contributed by atoms with E-state index in [2.05, 4.69) is 20.8 Å². The van der Waals surface area contributed by atoms with Gasteiger partial charge in [0.2, 0.25) is 5.69 Å². The molecule has 92 valence electrons. The van der Waals surface area contributed by atoms with E-state index in [1.807, 2.05) is 27.7 Å². The average molecular weight is 270 g/mol. The first-order chi connectivity index (χ1) is 6.54. The van der Waals surface area contributed by atoms with Crippen LogP contribution in [0.25, 0.3) is 0 Å². The second kappa shape index (κ2) is 6.02. The highest BCUT2D eigenvalue weighted by molar-refractivity contribution is 8.68. The van der Waals surface area contributed by atoms with Gasteiger partial charge in [-0.15, -0.1) is 0 Å². The molecule has 0 rings (SSSR count). The molecule has 0 aliphatic heterocycles. The van der Waals surface area contributed by atoms with Crippen molar-refractivity contribution in [1.29, 1.82) is 0 Å². The molecule has 0 aromatic carbocycles. The topological polar surface area (TPSA) is 18.5 Å². The Balaban J connectivity index is 4.63. The molecule has 2 nitrogen and oxygen atoms in total. The summed E-state index contributed by atoms with van der Waals surface area (Å²) in [5.41, 5.74) is -2.20. The number of hydrogen-bond donors (Lipinski definition) is 0. The maximum absolute atomic E-state index is 5.79. The van der Waals surface area contributed by atoms with Gasteiger partial charge in [0.1, 0.15) is 0 Å². The highest BCUT2D eigenvalue weighted by Crippen LogP contribution is 2.66. The van der Waals surface area contributed by atoms with Crippen molar-refractivity contribution in [1.82, 2.24) is 0 Å². The minimum atomic E-state index is -2.20. The van der Waals surface area contributed by atoms with Crippen molar-refractivity contribution in [2.45, 2.75) is 65.4 Å². The summed E-state index contributed by atoms with van der Waals surface area (Å²) >= 11 is 7.17. The summed E-state index contributed by atoms with van der Waals surface area (Å²) in [6.07, 6.45) is 0.230. The van der Waals surface area contributed by atoms with Gasteiger partial charge in [0.05, 0.1) is 12.2 Å². The fourth-order valence-electron chi connectivity index (χ4n) is 0.920. The molecular weight excluding hydrogens is 247 g/mol. The maximum atomic E-state index is 5.79. The number of rotatable bonds is 5. The van der Waals surface area contributed by atoms with Crippen LogP contribution < -0.4 is 0 Å². The molecular formula is C10H23O2PS2. The molecule has 0 aromatic rings. The minimum absolute atomic E-state index is 0.0688. The van der Waals surface area contributed by atoms with Crippen molar-refractivity contribution in [2.75, 3.05) is 0 Å². The third-order valence-corrected chi connectivity index (χ3v) is 7.21. The van der Waals surface area contributed by atoms with Crippen molar-refractivity contribution in [2.24, 2.45) is 0 Å². The summed E-state index contributed by atoms with van der Waals surface area (Å²) in [4.78, 5) is 0. The van der Waals surface area contributed by atoms with Crippen LogP contribution in [-0.2, 0) is 20.9 Å². The Labute approximate surface area is 103 Å². The van der Waals surface area contributed by atoms with Gasteiger partial charge in [0.15, 0.2) is 0 Å². The lowest BCUT2D eigenvalue weighted by atomic mass is 10.3. The van der Waals surface area contributed by atoms with E-state index in [1.54, 1.807) is 11.4 Å². The summed E-state index contributed by atoms with van der Waals surface area (Å²) in [6, 6.07) is 0. The zero-order valence-corrected chi connectivity index (χ0v) is 13.3. The van der Waals surface area contributed by atoms with E-state index in [4.69, 9.17) is 20.9 Å². The predicted octanol–water partition coefficient (Wildman–Crippen LogP) is 4.59. The van der Waals surface area contributed by atoms with Crippen LogP contribution in [0.1, 0.15) is 48.5 Å². The zero-order valence-electron chi connectivity index (χ0n) is 10.7. The van der Waals surface area contributed by atoms with Gasteiger partial charge < -0.3 is 9.05 Å². The molecule has 0 radical (unpaired) electrons. The Kier molecular flexibility index (Phi) is 6.39. The Morgan fingerprint density at radius 2 is 1.33 bits per heavy atom. The summed E-state index contributed by atoms with van der Waals surface area (Å²) in [5.74, 6) is 0. The summed E-state index contributed by atoms with van der Waals surface area (Å²) in [6.45, 7) is 14.4. The molecule has 0 bridgehead atoms. The van der Waals surface area contributed by atoms with Crippen LogP contribution in [0.2, 0.25) is 0 Å². The van der Waals surface area contributed by atoms with Gasteiger partial charge in [-0.25, -0.2) is 0 Å². The molecule has 0 spiro atoms. The molecule has 0 heterocycles. The molecule has 15 heavy (non-hydrogen) atoms. The van der Waals surface area contributed by atoms with Crippen molar-refractivity contribution in [3.8, 4) is 0 Å². The van der Waals surface area contributed by atoms with E-state index in [1.165, 1.54) is 0 Å². The summed E-state index contributed by atoms with van der Waals surface area (Å²) < 4.78 is 11.7. The standard InChI is InChI=1S/C10H23O2PS2/c1-8(2)11-13(14,12-9(3)4)15-10(5,6)7/h8-9H,1-7H3. The Morgan fingerprint density at radius 1 is 1.00 bits per heavy atom. The van der Waals surface area contributed by atoms with E-state index in [-0.39, 0.29) is 17.0 Å². The maximum Gasteiger partial charge on any atom is 0.248 e. The zero-order chi connectivity index (χ0) is 12.3. The molecule has 0 atom stereocenters. The number of hydrogen-bond acceptors (Lipinski definition) is 4. The second-order valence-corrected chi connectivity index (χ2v) is 11.8. The molecule has 0 aliphatic rings. The monoisotopic (exact) mass is 270 g/mol. The van der Waals surface area contributed by atoms with Gasteiger partial charge in [-0.1, -0.05) is 32.2 Å². The Morgan fingerprint density at radius 3 is 1.53 bits per heavy atom. The van der Waals surface area contributed by atoms with Crippen LogP contribution in [0.4, 0.5) is 0 Å². The van der Waals surface area contributed by atoms with Crippen molar-refractivity contribution in [3.05, 3.63) is 0 Å². The fourth-order valence-corrected chi connectivity index (χ4v) is 9.11. The largest absolute Gasteiger partial charge is 0.319 e. The second-order valence-electron chi connectivity index (χ2n) is 4.96. The molecule has 0 aliphatic carbocycles. The lowest BCUT2D eigenvalue weighted by Crippen LogP contribution is -2.12. The molecule has 0 amide bonds. The van der Waals surface area contributed by atoms with Crippen LogP contribution in [-0.4, -0.2) is 17.0 Å². The summed E-state index contributed by atoms with van der Waals surface area (Å²) in [5, 5.41) is 0. The SMILES string of the molecule is CC(C)OP(=S)(OC(C)C)SC(C)(C)C. The van der Waals surface area contributed by atoms with Gasteiger partial charge in [0, 0.05) is 4.75 Å². The third-order valence-electron chi connectivity index (χ3n) is 1.07. The minimum Gasteiger partial charge on any atom is -0.319 e. The third kappa shape index (κ3) is 8.70. The first-order valence-electron chi connectivity index (χ1n) is 5.22. The van der Waals surface area contributed by atoms with Crippen LogP contribution in [0.3, 0.4) is 0 Å². The smallest absolute Gasteiger partial charge is 0.248 e. The molecule has 0 saturated carbocycles. The lowest BCUT2D eigenvalue weighted by Gasteiger charge is -2.30. The molecule has 0 unspecified atom stereocenters. The summed E-state index contributed by atoms with van der Waals surface area (Å²) in [7, 11) is 0. The van der Waals surface area contributed by atoms with E-state index in [9.17, 15) is 0 Å². The van der Waals surface area contributed by atoms with Gasteiger partial charge >= 0.3 is 0 Å². The highest BCUT2D eigenvalue weighted by atomic mass is 32.9. The van der Waals surface area contributed by atoms with Gasteiger partial charge in [-0.05, 0) is 39.5 Å². The molecule has 0 N–H and O–H groups in total. The van der Waals surface area contributed by atoms with Crippen LogP contribution in [0.15, 0.2) is 0 Å². The van der Waals surface area contributed by atoms with Crippen LogP contribution >= 0.6 is 17.1 Å².